The van der Waals surface area contributed by atoms with E-state index in [1.54, 1.807) is 0 Å². The van der Waals surface area contributed by atoms with E-state index < -0.39 is 17.0 Å². The molecule has 0 amide bonds. The molecule has 0 saturated carbocycles. The van der Waals surface area contributed by atoms with Crippen LogP contribution in [0.5, 0.6) is 11.5 Å². The molecule has 100 valence electrons. The molecule has 0 saturated heterocycles. The van der Waals surface area contributed by atoms with Crippen molar-refractivity contribution in [3.8, 4) is 11.5 Å². The van der Waals surface area contributed by atoms with Gasteiger partial charge in [0.15, 0.2) is 0 Å². The number of aromatic amines is 1. The van der Waals surface area contributed by atoms with Gasteiger partial charge < -0.3 is 19.6 Å². The third kappa shape index (κ3) is 2.00. The number of pyridine rings is 1. The van der Waals surface area contributed by atoms with E-state index in [9.17, 15) is 9.59 Å². The Bertz CT molecular complexity index is 722. The molecule has 0 radical (unpaired) electrons. The molecule has 0 unspecified atom stereocenters. The molecule has 2 N–H and O–H groups in total. The summed E-state index contributed by atoms with van der Waals surface area (Å²) in [7, 11) is 2.81. The van der Waals surface area contributed by atoms with Gasteiger partial charge in [-0.25, -0.2) is 4.79 Å². The Morgan fingerprint density at radius 2 is 1.95 bits per heavy atom. The third-order valence-electron chi connectivity index (χ3n) is 2.70. The van der Waals surface area contributed by atoms with Crippen molar-refractivity contribution >= 4 is 28.5 Å². The number of aromatic carboxylic acids is 1. The molecule has 0 atom stereocenters. The maximum Gasteiger partial charge on any atom is 0.341 e. The van der Waals surface area contributed by atoms with Gasteiger partial charge in [0.1, 0.15) is 17.1 Å². The van der Waals surface area contributed by atoms with Crippen molar-refractivity contribution in [1.82, 2.24) is 4.98 Å². The molecule has 1 aromatic carbocycles. The molecule has 0 spiro atoms. The van der Waals surface area contributed by atoms with Crippen molar-refractivity contribution in [2.75, 3.05) is 14.2 Å². The number of hydrogen-bond donors (Lipinski definition) is 2. The Morgan fingerprint density at radius 3 is 2.47 bits per heavy atom. The summed E-state index contributed by atoms with van der Waals surface area (Å²) in [6.45, 7) is 0. The van der Waals surface area contributed by atoms with E-state index in [1.165, 1.54) is 20.3 Å². The molecule has 0 fully saturated rings. The molecule has 2 aromatic rings. The van der Waals surface area contributed by atoms with Crippen molar-refractivity contribution < 1.29 is 19.4 Å². The molecule has 0 aliphatic heterocycles. The van der Waals surface area contributed by atoms with Gasteiger partial charge in [-0.05, 0) is 0 Å². The highest BCUT2D eigenvalue weighted by Crippen LogP contribution is 2.36. The average Bonchev–Trinajstić information content (AvgIpc) is 2.38. The van der Waals surface area contributed by atoms with Crippen LogP contribution in [0.3, 0.4) is 0 Å². The SMILES string of the molecule is COc1cc(OC)c2[nH]cc(C(=O)O)c(=O)c2c1Cl. The van der Waals surface area contributed by atoms with Gasteiger partial charge >= 0.3 is 5.97 Å². The minimum atomic E-state index is -1.33. The van der Waals surface area contributed by atoms with Crippen LogP contribution in [-0.2, 0) is 0 Å². The van der Waals surface area contributed by atoms with Crippen molar-refractivity contribution in [2.24, 2.45) is 0 Å². The number of methoxy groups -OCH3 is 2. The van der Waals surface area contributed by atoms with Crippen LogP contribution in [0.1, 0.15) is 10.4 Å². The number of aromatic nitrogens is 1. The maximum atomic E-state index is 12.1. The van der Waals surface area contributed by atoms with Crippen LogP contribution in [0.2, 0.25) is 5.02 Å². The van der Waals surface area contributed by atoms with Crippen LogP contribution in [0.15, 0.2) is 17.1 Å². The van der Waals surface area contributed by atoms with Crippen molar-refractivity contribution in [3.63, 3.8) is 0 Å². The number of H-pyrrole nitrogens is 1. The van der Waals surface area contributed by atoms with Gasteiger partial charge in [0.05, 0.1) is 30.1 Å². The summed E-state index contributed by atoms with van der Waals surface area (Å²) in [5, 5.41) is 9.01. The molecule has 0 aliphatic rings. The average molecular weight is 284 g/mol. The predicted molar refractivity (Wildman–Crippen MR) is 69.6 cm³/mol. The van der Waals surface area contributed by atoms with E-state index in [2.05, 4.69) is 4.98 Å². The van der Waals surface area contributed by atoms with Gasteiger partial charge in [0, 0.05) is 12.3 Å². The number of carboxylic acid groups (broad SMARTS) is 1. The molecular weight excluding hydrogens is 274 g/mol. The lowest BCUT2D eigenvalue weighted by atomic mass is 10.1. The monoisotopic (exact) mass is 283 g/mol. The van der Waals surface area contributed by atoms with E-state index in [0.29, 0.717) is 11.3 Å². The lowest BCUT2D eigenvalue weighted by Gasteiger charge is -2.11. The van der Waals surface area contributed by atoms with Gasteiger partial charge in [0.2, 0.25) is 5.43 Å². The molecule has 2 rings (SSSR count). The summed E-state index contributed by atoms with van der Waals surface area (Å²) < 4.78 is 10.2. The Kier molecular flexibility index (Phi) is 3.35. The number of nitrogens with one attached hydrogen (secondary N) is 1. The van der Waals surface area contributed by atoms with E-state index in [-0.39, 0.29) is 16.2 Å². The summed E-state index contributed by atoms with van der Waals surface area (Å²) >= 11 is 6.06. The molecule has 1 aromatic heterocycles. The Hall–Kier alpha value is -2.21. The number of rotatable bonds is 3. The third-order valence-corrected chi connectivity index (χ3v) is 3.07. The zero-order chi connectivity index (χ0) is 14.2. The van der Waals surface area contributed by atoms with Crippen LogP contribution in [0.25, 0.3) is 10.9 Å². The topological polar surface area (TPSA) is 88.6 Å². The fourth-order valence-electron chi connectivity index (χ4n) is 1.78. The summed E-state index contributed by atoms with van der Waals surface area (Å²) in [6, 6.07) is 1.51. The standard InChI is InChI=1S/C12H10ClNO5/c1-18-6-3-7(19-2)10-8(9(6)13)11(15)5(4-14-10)12(16)17/h3-4H,1-2H3,(H,14,15)(H,16,17). The second kappa shape index (κ2) is 4.81. The second-order valence-corrected chi connectivity index (χ2v) is 4.06. The van der Waals surface area contributed by atoms with Gasteiger partial charge in [-0.15, -0.1) is 0 Å². The molecule has 0 bridgehead atoms. The first kappa shape index (κ1) is 13.2. The first-order chi connectivity index (χ1) is 9.01. The number of ether oxygens (including phenoxy) is 2. The minimum Gasteiger partial charge on any atom is -0.495 e. The summed E-state index contributed by atoms with van der Waals surface area (Å²) in [5.74, 6) is -0.759. The lowest BCUT2D eigenvalue weighted by molar-refractivity contribution is 0.0695. The van der Waals surface area contributed by atoms with Crippen molar-refractivity contribution in [1.29, 1.82) is 0 Å². The number of carbonyl (C=O) groups is 1. The Labute approximate surface area is 112 Å². The maximum absolute atomic E-state index is 12.1. The minimum absolute atomic E-state index is 0.0257. The van der Waals surface area contributed by atoms with Crippen LogP contribution in [0, 0.1) is 0 Å². The predicted octanol–water partition coefficient (Wildman–Crippen LogP) is 1.90. The van der Waals surface area contributed by atoms with E-state index in [4.69, 9.17) is 26.2 Å². The first-order valence-corrected chi connectivity index (χ1v) is 5.58. The fraction of sp³-hybridized carbons (Fsp3) is 0.167. The van der Waals surface area contributed by atoms with Crippen LogP contribution >= 0.6 is 11.6 Å². The van der Waals surface area contributed by atoms with Gasteiger partial charge in [-0.1, -0.05) is 11.6 Å². The number of benzene rings is 1. The second-order valence-electron chi connectivity index (χ2n) is 3.68. The highest BCUT2D eigenvalue weighted by atomic mass is 35.5. The highest BCUT2D eigenvalue weighted by molar-refractivity contribution is 6.37. The van der Waals surface area contributed by atoms with Crippen LogP contribution in [-0.4, -0.2) is 30.3 Å². The Balaban J connectivity index is 2.99. The Morgan fingerprint density at radius 1 is 1.32 bits per heavy atom. The first-order valence-electron chi connectivity index (χ1n) is 5.20. The van der Waals surface area contributed by atoms with E-state index >= 15 is 0 Å². The van der Waals surface area contributed by atoms with E-state index in [0.717, 1.165) is 6.20 Å². The number of carboxylic acids is 1. The molecule has 6 nitrogen and oxygen atoms in total. The number of hydrogen-bond acceptors (Lipinski definition) is 4. The quantitative estimate of drug-likeness (QED) is 0.898. The van der Waals surface area contributed by atoms with Crippen LogP contribution in [0.4, 0.5) is 0 Å². The normalized spacial score (nSPS) is 10.5. The molecular formula is C12H10ClNO5. The molecule has 1 heterocycles. The summed E-state index contributed by atoms with van der Waals surface area (Å²) in [5.41, 5.74) is -0.767. The summed E-state index contributed by atoms with van der Waals surface area (Å²) in [6.07, 6.45) is 1.11. The molecule has 0 aliphatic carbocycles. The van der Waals surface area contributed by atoms with Crippen LogP contribution < -0.4 is 14.9 Å². The number of fused-ring (bicyclic) bond motifs is 1. The summed E-state index contributed by atoms with van der Waals surface area (Å²) in [4.78, 5) is 25.8. The highest BCUT2D eigenvalue weighted by Gasteiger charge is 2.19. The zero-order valence-electron chi connectivity index (χ0n) is 10.1. The van der Waals surface area contributed by atoms with Crippen molar-refractivity contribution in [2.45, 2.75) is 0 Å². The lowest BCUT2D eigenvalue weighted by Crippen LogP contribution is -2.16. The van der Waals surface area contributed by atoms with E-state index in [1.807, 2.05) is 0 Å². The zero-order valence-corrected chi connectivity index (χ0v) is 10.9. The smallest absolute Gasteiger partial charge is 0.341 e. The van der Waals surface area contributed by atoms with Gasteiger partial charge in [0.25, 0.3) is 0 Å². The largest absolute Gasteiger partial charge is 0.495 e. The number of halogens is 1. The van der Waals surface area contributed by atoms with Gasteiger partial charge in [-0.3, -0.25) is 4.79 Å². The fourth-order valence-corrected chi connectivity index (χ4v) is 2.09. The van der Waals surface area contributed by atoms with Crippen molar-refractivity contribution in [3.05, 3.63) is 33.1 Å². The molecule has 7 heteroatoms. The van der Waals surface area contributed by atoms with Gasteiger partial charge in [-0.2, -0.15) is 0 Å². The molecule has 19 heavy (non-hydrogen) atoms.